The monoisotopic (exact) mass is 355 g/mol. The number of carbonyl (C=O) groups excluding carboxylic acids is 1. The number of ether oxygens (including phenoxy) is 1. The Morgan fingerprint density at radius 1 is 1.24 bits per heavy atom. The molecule has 1 aliphatic carbocycles. The summed E-state index contributed by atoms with van der Waals surface area (Å²) in [4.78, 5) is 26.7. The van der Waals surface area contributed by atoms with E-state index in [4.69, 9.17) is 9.84 Å². The molecule has 7 nitrogen and oxygen atoms in total. The Labute approximate surface area is 150 Å². The summed E-state index contributed by atoms with van der Waals surface area (Å²) in [7, 11) is 1.75. The predicted molar refractivity (Wildman–Crippen MR) is 95.6 cm³/mol. The van der Waals surface area contributed by atoms with Crippen LogP contribution in [0.15, 0.2) is 0 Å². The lowest BCUT2D eigenvalue weighted by Gasteiger charge is -2.35. The number of aliphatic carboxylic acids is 1. The number of carboxylic acid groups (broad SMARTS) is 1. The summed E-state index contributed by atoms with van der Waals surface area (Å²) < 4.78 is 5.67. The van der Waals surface area contributed by atoms with Crippen molar-refractivity contribution in [2.75, 3.05) is 46.4 Å². The molecule has 2 aliphatic rings. The molecule has 0 radical (unpaired) electrons. The lowest BCUT2D eigenvalue weighted by atomic mass is 9.81. The van der Waals surface area contributed by atoms with E-state index in [1.807, 2.05) is 0 Å². The van der Waals surface area contributed by atoms with Crippen molar-refractivity contribution in [2.45, 2.75) is 45.1 Å². The Hall–Kier alpha value is -1.34. The predicted octanol–water partition coefficient (Wildman–Crippen LogP) is 1.63. The molecule has 1 unspecified atom stereocenters. The van der Waals surface area contributed by atoms with Crippen LogP contribution < -0.4 is 5.32 Å². The Kier molecular flexibility index (Phi) is 7.96. The van der Waals surface area contributed by atoms with E-state index in [-0.39, 0.29) is 18.7 Å². The van der Waals surface area contributed by atoms with Crippen molar-refractivity contribution >= 4 is 12.0 Å². The van der Waals surface area contributed by atoms with Gasteiger partial charge < -0.3 is 20.1 Å². The largest absolute Gasteiger partial charge is 0.480 e. The molecule has 1 saturated carbocycles. The maximum Gasteiger partial charge on any atom is 0.317 e. The third-order valence-electron chi connectivity index (χ3n) is 5.43. The number of nitrogens with zero attached hydrogens (tertiary/aromatic N) is 2. The lowest BCUT2D eigenvalue weighted by Crippen LogP contribution is -2.53. The number of urea groups is 1. The number of rotatable bonds is 7. The molecule has 7 heteroatoms. The highest BCUT2D eigenvalue weighted by molar-refractivity contribution is 5.74. The molecule has 1 heterocycles. The van der Waals surface area contributed by atoms with Crippen LogP contribution in [0.25, 0.3) is 0 Å². The topological polar surface area (TPSA) is 82.1 Å². The van der Waals surface area contributed by atoms with Crippen LogP contribution in [0.1, 0.15) is 39.0 Å². The van der Waals surface area contributed by atoms with Gasteiger partial charge in [-0.05, 0) is 31.7 Å². The van der Waals surface area contributed by atoms with E-state index in [1.165, 1.54) is 32.1 Å². The minimum atomic E-state index is -0.856. The van der Waals surface area contributed by atoms with Crippen molar-refractivity contribution in [3.05, 3.63) is 0 Å². The quantitative estimate of drug-likeness (QED) is 0.725. The van der Waals surface area contributed by atoms with Crippen LogP contribution in [-0.4, -0.2) is 79.4 Å². The van der Waals surface area contributed by atoms with Gasteiger partial charge >= 0.3 is 12.0 Å². The Bertz CT molecular complexity index is 438. The van der Waals surface area contributed by atoms with Gasteiger partial charge in [0, 0.05) is 26.2 Å². The molecule has 1 atom stereocenters. The molecule has 0 aromatic heterocycles. The minimum absolute atomic E-state index is 0.0213. The fraction of sp³-hybridized carbons (Fsp3) is 0.889. The van der Waals surface area contributed by atoms with Gasteiger partial charge in [-0.1, -0.05) is 26.2 Å². The summed E-state index contributed by atoms with van der Waals surface area (Å²) in [6.07, 6.45) is 6.13. The Balaban J connectivity index is 1.69. The van der Waals surface area contributed by atoms with E-state index >= 15 is 0 Å². The SMILES string of the molecule is CCC1CCC(CNC(=O)N2CCOC(CN(C)CC(=O)O)C2)CC1. The molecule has 2 amide bonds. The number of hydrogen-bond acceptors (Lipinski definition) is 4. The number of nitrogens with one attached hydrogen (secondary N) is 1. The van der Waals surface area contributed by atoms with Gasteiger partial charge in [-0.15, -0.1) is 0 Å². The summed E-state index contributed by atoms with van der Waals surface area (Å²) in [6.45, 7) is 5.11. The first-order valence-electron chi connectivity index (χ1n) is 9.52. The number of likely N-dealkylation sites (N-methyl/N-ethyl adjacent to an activating group) is 1. The zero-order valence-corrected chi connectivity index (χ0v) is 15.6. The van der Waals surface area contributed by atoms with Gasteiger partial charge in [-0.25, -0.2) is 4.79 Å². The smallest absolute Gasteiger partial charge is 0.317 e. The number of hydrogen-bond donors (Lipinski definition) is 2. The van der Waals surface area contributed by atoms with Crippen LogP contribution in [0, 0.1) is 11.8 Å². The molecule has 0 aromatic rings. The highest BCUT2D eigenvalue weighted by Gasteiger charge is 2.26. The average Bonchev–Trinajstić information content (AvgIpc) is 2.59. The summed E-state index contributed by atoms with van der Waals surface area (Å²) in [5, 5.41) is 11.9. The van der Waals surface area contributed by atoms with E-state index in [2.05, 4.69) is 12.2 Å². The van der Waals surface area contributed by atoms with Crippen molar-refractivity contribution in [2.24, 2.45) is 11.8 Å². The van der Waals surface area contributed by atoms with Crippen molar-refractivity contribution in [3.63, 3.8) is 0 Å². The fourth-order valence-corrected chi connectivity index (χ4v) is 3.84. The van der Waals surface area contributed by atoms with Gasteiger partial charge in [0.25, 0.3) is 0 Å². The first-order chi connectivity index (χ1) is 12.0. The lowest BCUT2D eigenvalue weighted by molar-refractivity contribution is -0.138. The van der Waals surface area contributed by atoms with Crippen LogP contribution in [0.3, 0.4) is 0 Å². The number of morpholine rings is 1. The molecule has 25 heavy (non-hydrogen) atoms. The number of carbonyl (C=O) groups is 2. The highest BCUT2D eigenvalue weighted by Crippen LogP contribution is 2.30. The standard InChI is InChI=1S/C18H33N3O4/c1-3-14-4-6-15(7-5-14)10-19-18(24)21-8-9-25-16(12-21)11-20(2)13-17(22)23/h14-16H,3-13H2,1-2H3,(H,19,24)(H,22,23). The molecule has 1 saturated heterocycles. The molecule has 144 valence electrons. The highest BCUT2D eigenvalue weighted by atomic mass is 16.5. The molecule has 2 fully saturated rings. The van der Waals surface area contributed by atoms with Crippen LogP contribution in [0.4, 0.5) is 4.79 Å². The van der Waals surface area contributed by atoms with Crippen molar-refractivity contribution in [1.82, 2.24) is 15.1 Å². The molecule has 2 N–H and O–H groups in total. The second kappa shape index (κ2) is 9.97. The third-order valence-corrected chi connectivity index (χ3v) is 5.43. The maximum absolute atomic E-state index is 12.4. The van der Waals surface area contributed by atoms with Crippen molar-refractivity contribution < 1.29 is 19.4 Å². The van der Waals surface area contributed by atoms with Gasteiger partial charge in [0.2, 0.25) is 0 Å². The van der Waals surface area contributed by atoms with Crippen molar-refractivity contribution in [1.29, 1.82) is 0 Å². The molecular weight excluding hydrogens is 322 g/mol. The van der Waals surface area contributed by atoms with Crippen LogP contribution in [0.2, 0.25) is 0 Å². The van der Waals surface area contributed by atoms with E-state index < -0.39 is 5.97 Å². The fourth-order valence-electron chi connectivity index (χ4n) is 3.84. The zero-order valence-electron chi connectivity index (χ0n) is 15.6. The Morgan fingerprint density at radius 3 is 2.56 bits per heavy atom. The van der Waals surface area contributed by atoms with E-state index in [0.717, 1.165) is 12.5 Å². The van der Waals surface area contributed by atoms with Gasteiger partial charge in [0.05, 0.1) is 19.3 Å². The minimum Gasteiger partial charge on any atom is -0.480 e. The summed E-state index contributed by atoms with van der Waals surface area (Å²) in [5.41, 5.74) is 0. The van der Waals surface area contributed by atoms with Gasteiger partial charge in [0.15, 0.2) is 0 Å². The molecule has 1 aliphatic heterocycles. The van der Waals surface area contributed by atoms with Gasteiger partial charge in [-0.3, -0.25) is 9.69 Å². The molecule has 0 bridgehead atoms. The summed E-state index contributed by atoms with van der Waals surface area (Å²) >= 11 is 0. The summed E-state index contributed by atoms with van der Waals surface area (Å²) in [5.74, 6) is 0.616. The third kappa shape index (κ3) is 6.82. The van der Waals surface area contributed by atoms with E-state index in [0.29, 0.717) is 32.2 Å². The Morgan fingerprint density at radius 2 is 1.92 bits per heavy atom. The van der Waals surface area contributed by atoms with Gasteiger partial charge in [0.1, 0.15) is 0 Å². The van der Waals surface area contributed by atoms with E-state index in [1.54, 1.807) is 16.8 Å². The molecule has 0 spiro atoms. The van der Waals surface area contributed by atoms with Gasteiger partial charge in [-0.2, -0.15) is 0 Å². The molecule has 0 aromatic carbocycles. The average molecular weight is 355 g/mol. The van der Waals surface area contributed by atoms with Crippen LogP contribution in [-0.2, 0) is 9.53 Å². The normalized spacial score (nSPS) is 27.3. The van der Waals surface area contributed by atoms with E-state index in [9.17, 15) is 9.59 Å². The summed E-state index contributed by atoms with van der Waals surface area (Å²) in [6, 6.07) is -0.0215. The first-order valence-corrected chi connectivity index (χ1v) is 9.52. The molecular formula is C18H33N3O4. The second-order valence-electron chi connectivity index (χ2n) is 7.51. The number of amides is 2. The second-order valence-corrected chi connectivity index (χ2v) is 7.51. The first kappa shape index (κ1) is 20.0. The van der Waals surface area contributed by atoms with Crippen LogP contribution >= 0.6 is 0 Å². The van der Waals surface area contributed by atoms with Crippen LogP contribution in [0.5, 0.6) is 0 Å². The zero-order chi connectivity index (χ0) is 18.2. The number of carboxylic acids is 1. The maximum atomic E-state index is 12.4. The van der Waals surface area contributed by atoms with Crippen molar-refractivity contribution in [3.8, 4) is 0 Å². The molecule has 2 rings (SSSR count).